The molecule has 0 bridgehead atoms. The van der Waals surface area contributed by atoms with Crippen molar-refractivity contribution in [1.29, 1.82) is 0 Å². The molecule has 7 heteroatoms. The second-order valence-corrected chi connectivity index (χ2v) is 5.43. The SMILES string of the molecule is CC(C)N(CCCC(=O)O)C(=O)NCCOCCN(C)C. The van der Waals surface area contributed by atoms with Crippen molar-refractivity contribution < 1.29 is 19.4 Å². The van der Waals surface area contributed by atoms with Crippen LogP contribution in [0.15, 0.2) is 0 Å². The number of nitrogens with zero attached hydrogens (tertiary/aromatic N) is 2. The molecule has 0 aromatic carbocycles. The first-order chi connectivity index (χ1) is 9.84. The number of likely N-dealkylation sites (N-methyl/N-ethyl adjacent to an activating group) is 1. The van der Waals surface area contributed by atoms with Gasteiger partial charge in [0.15, 0.2) is 0 Å². The van der Waals surface area contributed by atoms with E-state index >= 15 is 0 Å². The highest BCUT2D eigenvalue weighted by Crippen LogP contribution is 2.02. The van der Waals surface area contributed by atoms with Gasteiger partial charge in [-0.05, 0) is 34.4 Å². The number of carbonyl (C=O) groups excluding carboxylic acids is 1. The predicted molar refractivity (Wildman–Crippen MR) is 81.5 cm³/mol. The Morgan fingerprint density at radius 3 is 2.38 bits per heavy atom. The fourth-order valence-electron chi connectivity index (χ4n) is 1.68. The van der Waals surface area contributed by atoms with Gasteiger partial charge in [0.25, 0.3) is 0 Å². The number of aliphatic carboxylic acids is 1. The van der Waals surface area contributed by atoms with Gasteiger partial charge in [-0.25, -0.2) is 4.79 Å². The number of nitrogens with one attached hydrogen (secondary N) is 1. The van der Waals surface area contributed by atoms with Crippen LogP contribution in [0, 0.1) is 0 Å². The van der Waals surface area contributed by atoms with Crippen LogP contribution in [0.4, 0.5) is 4.79 Å². The Morgan fingerprint density at radius 1 is 1.19 bits per heavy atom. The molecule has 2 N–H and O–H groups in total. The van der Waals surface area contributed by atoms with Crippen molar-refractivity contribution in [2.45, 2.75) is 32.7 Å². The summed E-state index contributed by atoms with van der Waals surface area (Å²) in [5.41, 5.74) is 0. The van der Waals surface area contributed by atoms with E-state index in [1.54, 1.807) is 4.90 Å². The summed E-state index contributed by atoms with van der Waals surface area (Å²) in [4.78, 5) is 26.2. The first-order valence-electron chi connectivity index (χ1n) is 7.33. The molecular formula is C14H29N3O4. The Balaban J connectivity index is 3.88. The second-order valence-electron chi connectivity index (χ2n) is 5.43. The Morgan fingerprint density at radius 2 is 1.86 bits per heavy atom. The van der Waals surface area contributed by atoms with Crippen molar-refractivity contribution in [3.63, 3.8) is 0 Å². The summed E-state index contributed by atoms with van der Waals surface area (Å²) in [5.74, 6) is -0.839. The van der Waals surface area contributed by atoms with E-state index in [-0.39, 0.29) is 18.5 Å². The molecule has 124 valence electrons. The number of hydrogen-bond donors (Lipinski definition) is 2. The molecule has 0 radical (unpaired) electrons. The Bertz CT molecular complexity index is 309. The van der Waals surface area contributed by atoms with E-state index < -0.39 is 5.97 Å². The second kappa shape index (κ2) is 11.3. The van der Waals surface area contributed by atoms with Crippen LogP contribution < -0.4 is 5.32 Å². The molecule has 0 saturated heterocycles. The summed E-state index contributed by atoms with van der Waals surface area (Å²) in [7, 11) is 3.95. The summed E-state index contributed by atoms with van der Waals surface area (Å²) in [6, 6.07) is -0.139. The molecule has 21 heavy (non-hydrogen) atoms. The van der Waals surface area contributed by atoms with Crippen LogP contribution in [0.3, 0.4) is 0 Å². The fraction of sp³-hybridized carbons (Fsp3) is 0.857. The molecule has 0 spiro atoms. The summed E-state index contributed by atoms with van der Waals surface area (Å²) >= 11 is 0. The minimum atomic E-state index is -0.839. The third-order valence-electron chi connectivity index (χ3n) is 2.88. The molecule has 2 amide bonds. The maximum absolute atomic E-state index is 12.0. The smallest absolute Gasteiger partial charge is 0.317 e. The number of carboxylic acid groups (broad SMARTS) is 1. The van der Waals surface area contributed by atoms with Crippen LogP contribution in [0.25, 0.3) is 0 Å². The van der Waals surface area contributed by atoms with E-state index in [0.717, 1.165) is 6.54 Å². The van der Waals surface area contributed by atoms with Gasteiger partial charge in [0.1, 0.15) is 0 Å². The standard InChI is InChI=1S/C14H29N3O4/c1-12(2)17(8-5-6-13(18)19)14(20)15-7-10-21-11-9-16(3)4/h12H,5-11H2,1-4H3,(H,15,20)(H,18,19). The van der Waals surface area contributed by atoms with Crippen LogP contribution in [-0.2, 0) is 9.53 Å². The zero-order chi connectivity index (χ0) is 16.3. The van der Waals surface area contributed by atoms with Crippen LogP contribution in [0.1, 0.15) is 26.7 Å². The van der Waals surface area contributed by atoms with Crippen LogP contribution in [0.2, 0.25) is 0 Å². The van der Waals surface area contributed by atoms with Gasteiger partial charge in [-0.3, -0.25) is 4.79 Å². The van der Waals surface area contributed by atoms with Gasteiger partial charge in [-0.2, -0.15) is 0 Å². The fourth-order valence-corrected chi connectivity index (χ4v) is 1.68. The summed E-state index contributed by atoms with van der Waals surface area (Å²) in [6.45, 7) is 6.67. The molecule has 0 aliphatic heterocycles. The van der Waals surface area contributed by atoms with Gasteiger partial charge in [0, 0.05) is 32.1 Å². The molecule has 0 atom stereocenters. The number of ether oxygens (including phenoxy) is 1. The highest BCUT2D eigenvalue weighted by atomic mass is 16.5. The number of rotatable bonds is 11. The lowest BCUT2D eigenvalue weighted by Crippen LogP contribution is -2.45. The Labute approximate surface area is 127 Å². The predicted octanol–water partition coefficient (Wildman–Crippen LogP) is 0.849. The average molecular weight is 303 g/mol. The first kappa shape index (κ1) is 19.7. The maximum atomic E-state index is 12.0. The minimum Gasteiger partial charge on any atom is -0.481 e. The van der Waals surface area contributed by atoms with Gasteiger partial charge in [0.2, 0.25) is 0 Å². The normalized spacial score (nSPS) is 11.0. The van der Waals surface area contributed by atoms with E-state index in [1.165, 1.54) is 0 Å². The number of urea groups is 1. The molecule has 0 aromatic heterocycles. The van der Waals surface area contributed by atoms with E-state index in [2.05, 4.69) is 5.32 Å². The largest absolute Gasteiger partial charge is 0.481 e. The molecule has 0 aliphatic rings. The van der Waals surface area contributed by atoms with Crippen molar-refractivity contribution in [1.82, 2.24) is 15.1 Å². The van der Waals surface area contributed by atoms with Crippen molar-refractivity contribution in [3.8, 4) is 0 Å². The Kier molecular flexibility index (Phi) is 10.6. The summed E-state index contributed by atoms with van der Waals surface area (Å²) in [5, 5.41) is 11.4. The number of amides is 2. The molecule has 0 heterocycles. The zero-order valence-corrected chi connectivity index (χ0v) is 13.6. The first-order valence-corrected chi connectivity index (χ1v) is 7.33. The molecule has 0 fully saturated rings. The number of carbonyl (C=O) groups is 2. The maximum Gasteiger partial charge on any atom is 0.317 e. The van der Waals surface area contributed by atoms with Gasteiger partial charge < -0.3 is 25.0 Å². The average Bonchev–Trinajstić information content (AvgIpc) is 2.37. The van der Waals surface area contributed by atoms with E-state index in [0.29, 0.717) is 32.7 Å². The van der Waals surface area contributed by atoms with E-state index in [4.69, 9.17) is 9.84 Å². The lowest BCUT2D eigenvalue weighted by atomic mass is 10.2. The van der Waals surface area contributed by atoms with Crippen LogP contribution >= 0.6 is 0 Å². The van der Waals surface area contributed by atoms with Gasteiger partial charge in [-0.15, -0.1) is 0 Å². The summed E-state index contributed by atoms with van der Waals surface area (Å²) < 4.78 is 5.40. The van der Waals surface area contributed by atoms with Crippen LogP contribution in [-0.4, -0.2) is 79.9 Å². The molecule has 0 aliphatic carbocycles. The van der Waals surface area contributed by atoms with Crippen molar-refractivity contribution >= 4 is 12.0 Å². The van der Waals surface area contributed by atoms with Gasteiger partial charge >= 0.3 is 12.0 Å². The summed E-state index contributed by atoms with van der Waals surface area (Å²) in [6.07, 6.45) is 0.532. The van der Waals surface area contributed by atoms with Crippen molar-refractivity contribution in [2.24, 2.45) is 0 Å². The third-order valence-corrected chi connectivity index (χ3v) is 2.88. The van der Waals surface area contributed by atoms with Crippen LogP contribution in [0.5, 0.6) is 0 Å². The molecule has 0 aromatic rings. The molecular weight excluding hydrogens is 274 g/mol. The minimum absolute atomic E-state index is 0.0356. The quantitative estimate of drug-likeness (QED) is 0.553. The number of hydrogen-bond acceptors (Lipinski definition) is 4. The molecule has 0 unspecified atom stereocenters. The van der Waals surface area contributed by atoms with Crippen molar-refractivity contribution in [3.05, 3.63) is 0 Å². The lowest BCUT2D eigenvalue weighted by Gasteiger charge is -2.26. The Hall–Kier alpha value is -1.34. The van der Waals surface area contributed by atoms with Gasteiger partial charge in [-0.1, -0.05) is 0 Å². The van der Waals surface area contributed by atoms with E-state index in [1.807, 2.05) is 32.8 Å². The number of carboxylic acids is 1. The lowest BCUT2D eigenvalue weighted by molar-refractivity contribution is -0.137. The molecule has 0 saturated carbocycles. The molecule has 0 rings (SSSR count). The van der Waals surface area contributed by atoms with Gasteiger partial charge in [0.05, 0.1) is 13.2 Å². The molecule has 7 nitrogen and oxygen atoms in total. The van der Waals surface area contributed by atoms with Crippen molar-refractivity contribution in [2.75, 3.05) is 46.9 Å². The highest BCUT2D eigenvalue weighted by Gasteiger charge is 2.16. The topological polar surface area (TPSA) is 82.1 Å². The van der Waals surface area contributed by atoms with E-state index in [9.17, 15) is 9.59 Å². The third kappa shape index (κ3) is 11.0. The zero-order valence-electron chi connectivity index (χ0n) is 13.6. The highest BCUT2D eigenvalue weighted by molar-refractivity contribution is 5.74. The monoisotopic (exact) mass is 303 g/mol.